The fraction of sp³-hybridized carbons (Fsp3) is 0.733. The van der Waals surface area contributed by atoms with Gasteiger partial charge in [0.1, 0.15) is 11.5 Å². The van der Waals surface area contributed by atoms with Gasteiger partial charge in [0.05, 0.1) is 6.54 Å². The first-order chi connectivity index (χ1) is 9.49. The minimum atomic E-state index is -0.0567. The molecule has 5 nitrogen and oxygen atoms in total. The van der Waals surface area contributed by atoms with Gasteiger partial charge in [-0.3, -0.25) is 0 Å². The molecular formula is C15H25N3O2. The fourth-order valence-electron chi connectivity index (χ4n) is 2.34. The van der Waals surface area contributed by atoms with Gasteiger partial charge in [0.15, 0.2) is 0 Å². The molecule has 1 heterocycles. The van der Waals surface area contributed by atoms with Crippen LogP contribution in [0.4, 0.5) is 4.79 Å². The van der Waals surface area contributed by atoms with Gasteiger partial charge in [-0.05, 0) is 32.1 Å². The summed E-state index contributed by atoms with van der Waals surface area (Å²) in [5, 5.41) is 7.14. The first-order valence-electron chi connectivity index (χ1n) is 7.47. The molecule has 0 unspecified atom stereocenters. The summed E-state index contributed by atoms with van der Waals surface area (Å²) >= 11 is 0. The number of nitrogens with one attached hydrogen (secondary N) is 1. The molecule has 2 amide bonds. The first-order valence-corrected chi connectivity index (χ1v) is 7.47. The third kappa shape index (κ3) is 3.32. The van der Waals surface area contributed by atoms with E-state index >= 15 is 0 Å². The van der Waals surface area contributed by atoms with Crippen molar-refractivity contribution in [2.24, 2.45) is 5.92 Å². The Kier molecular flexibility index (Phi) is 4.68. The molecule has 112 valence electrons. The van der Waals surface area contributed by atoms with Crippen LogP contribution in [0.3, 0.4) is 0 Å². The van der Waals surface area contributed by atoms with Crippen LogP contribution in [-0.2, 0) is 19.4 Å². The van der Waals surface area contributed by atoms with E-state index < -0.39 is 0 Å². The van der Waals surface area contributed by atoms with E-state index in [4.69, 9.17) is 4.52 Å². The van der Waals surface area contributed by atoms with Gasteiger partial charge in [-0.25, -0.2) is 4.79 Å². The number of urea groups is 1. The molecule has 1 aliphatic carbocycles. The average Bonchev–Trinajstić information content (AvgIpc) is 2.82. The summed E-state index contributed by atoms with van der Waals surface area (Å²) in [4.78, 5) is 13.8. The predicted molar refractivity (Wildman–Crippen MR) is 77.4 cm³/mol. The Morgan fingerprint density at radius 1 is 1.35 bits per heavy atom. The third-order valence-corrected chi connectivity index (χ3v) is 4.12. The molecule has 1 aromatic heterocycles. The summed E-state index contributed by atoms with van der Waals surface area (Å²) in [6, 6.07) is 0.106. The largest absolute Gasteiger partial charge is 0.361 e. The number of carbonyl (C=O) groups is 1. The van der Waals surface area contributed by atoms with Crippen LogP contribution in [-0.4, -0.2) is 29.2 Å². The summed E-state index contributed by atoms with van der Waals surface area (Å²) in [5.74, 6) is 1.43. The number of hydrogen-bond donors (Lipinski definition) is 1. The van der Waals surface area contributed by atoms with E-state index in [1.54, 1.807) is 11.9 Å². The second-order valence-electron chi connectivity index (χ2n) is 6.08. The predicted octanol–water partition coefficient (Wildman–Crippen LogP) is 2.74. The Balaban J connectivity index is 1.95. The van der Waals surface area contributed by atoms with Crippen LogP contribution in [0.1, 0.15) is 50.6 Å². The summed E-state index contributed by atoms with van der Waals surface area (Å²) in [6.45, 7) is 6.72. The Bertz CT molecular complexity index is 468. The zero-order chi connectivity index (χ0) is 14.7. The third-order valence-electron chi connectivity index (χ3n) is 4.12. The van der Waals surface area contributed by atoms with Crippen LogP contribution >= 0.6 is 0 Å². The van der Waals surface area contributed by atoms with Crippen LogP contribution in [0.25, 0.3) is 0 Å². The lowest BCUT2D eigenvalue weighted by Gasteiger charge is -2.23. The lowest BCUT2D eigenvalue weighted by Crippen LogP contribution is -2.43. The topological polar surface area (TPSA) is 58.4 Å². The van der Waals surface area contributed by atoms with Crippen LogP contribution in [0, 0.1) is 5.92 Å². The summed E-state index contributed by atoms with van der Waals surface area (Å²) in [6.07, 6.45) is 4.35. The minimum absolute atomic E-state index is 0.0567. The van der Waals surface area contributed by atoms with E-state index in [0.29, 0.717) is 12.5 Å². The number of fused-ring (bicyclic) bond motifs is 1. The Morgan fingerprint density at radius 3 is 2.75 bits per heavy atom. The van der Waals surface area contributed by atoms with Gasteiger partial charge in [0, 0.05) is 25.1 Å². The smallest absolute Gasteiger partial charge is 0.317 e. The molecule has 2 rings (SSSR count). The highest BCUT2D eigenvalue weighted by molar-refractivity contribution is 5.74. The quantitative estimate of drug-likeness (QED) is 0.922. The van der Waals surface area contributed by atoms with Crippen molar-refractivity contribution >= 4 is 6.03 Å². The van der Waals surface area contributed by atoms with Gasteiger partial charge >= 0.3 is 6.03 Å². The molecule has 20 heavy (non-hydrogen) atoms. The standard InChI is InChI=1S/C15H25N3O2/c1-10(2)11(3)16-15(19)18(4)9-13-12-7-5-6-8-14(12)20-17-13/h10-11H,5-9H2,1-4H3,(H,16,19)/t11-/m0/s1. The van der Waals surface area contributed by atoms with Gasteiger partial charge in [-0.2, -0.15) is 0 Å². The lowest BCUT2D eigenvalue weighted by molar-refractivity contribution is 0.199. The van der Waals surface area contributed by atoms with Crippen molar-refractivity contribution in [3.05, 3.63) is 17.0 Å². The Labute approximate surface area is 120 Å². The van der Waals surface area contributed by atoms with Crippen molar-refractivity contribution in [2.45, 2.75) is 59.0 Å². The van der Waals surface area contributed by atoms with Gasteiger partial charge in [-0.1, -0.05) is 19.0 Å². The van der Waals surface area contributed by atoms with E-state index in [9.17, 15) is 4.79 Å². The van der Waals surface area contributed by atoms with Crippen LogP contribution in [0.5, 0.6) is 0 Å². The number of aryl methyl sites for hydroxylation is 1. The van der Waals surface area contributed by atoms with Crippen molar-refractivity contribution in [3.8, 4) is 0 Å². The highest BCUT2D eigenvalue weighted by Crippen LogP contribution is 2.24. The molecule has 0 fully saturated rings. The van der Waals surface area contributed by atoms with Crippen molar-refractivity contribution < 1.29 is 9.32 Å². The fourth-order valence-corrected chi connectivity index (χ4v) is 2.34. The maximum Gasteiger partial charge on any atom is 0.317 e. The molecule has 0 bridgehead atoms. The van der Waals surface area contributed by atoms with Gasteiger partial charge in [0.2, 0.25) is 0 Å². The zero-order valence-electron chi connectivity index (χ0n) is 12.9. The summed E-state index contributed by atoms with van der Waals surface area (Å²) in [7, 11) is 1.80. The van der Waals surface area contributed by atoms with Crippen molar-refractivity contribution in [2.75, 3.05) is 7.05 Å². The molecule has 0 saturated heterocycles. The van der Waals surface area contributed by atoms with Gasteiger partial charge in [0.25, 0.3) is 0 Å². The average molecular weight is 279 g/mol. The molecule has 0 saturated carbocycles. The van der Waals surface area contributed by atoms with Crippen molar-refractivity contribution in [1.82, 2.24) is 15.4 Å². The van der Waals surface area contributed by atoms with Crippen LogP contribution < -0.4 is 5.32 Å². The maximum absolute atomic E-state index is 12.1. The monoisotopic (exact) mass is 279 g/mol. The Morgan fingerprint density at radius 2 is 2.05 bits per heavy atom. The van der Waals surface area contributed by atoms with E-state index in [0.717, 1.165) is 24.3 Å². The van der Waals surface area contributed by atoms with Gasteiger partial charge in [-0.15, -0.1) is 0 Å². The molecule has 0 aromatic carbocycles. The molecule has 0 aliphatic heterocycles. The van der Waals surface area contributed by atoms with Crippen LogP contribution in [0.2, 0.25) is 0 Å². The molecule has 0 spiro atoms. The second-order valence-corrected chi connectivity index (χ2v) is 6.08. The number of carbonyl (C=O) groups excluding carboxylic acids is 1. The lowest BCUT2D eigenvalue weighted by atomic mass is 9.96. The van der Waals surface area contributed by atoms with Crippen molar-refractivity contribution in [1.29, 1.82) is 0 Å². The van der Waals surface area contributed by atoms with E-state index in [1.165, 1.54) is 18.4 Å². The molecule has 1 atom stereocenters. The number of rotatable bonds is 4. The first kappa shape index (κ1) is 14.9. The SMILES string of the molecule is CC(C)[C@H](C)NC(=O)N(C)Cc1noc2c1CCCC2. The molecule has 0 radical (unpaired) electrons. The molecular weight excluding hydrogens is 254 g/mol. The zero-order valence-corrected chi connectivity index (χ0v) is 12.9. The Hall–Kier alpha value is -1.52. The van der Waals surface area contributed by atoms with E-state index in [1.807, 2.05) is 6.92 Å². The second kappa shape index (κ2) is 6.29. The van der Waals surface area contributed by atoms with Crippen molar-refractivity contribution in [3.63, 3.8) is 0 Å². The van der Waals surface area contributed by atoms with Crippen LogP contribution in [0.15, 0.2) is 4.52 Å². The number of nitrogens with zero attached hydrogens (tertiary/aromatic N) is 2. The highest BCUT2D eigenvalue weighted by atomic mass is 16.5. The summed E-state index contributed by atoms with van der Waals surface area (Å²) < 4.78 is 5.38. The van der Waals surface area contributed by atoms with E-state index in [2.05, 4.69) is 24.3 Å². The van der Waals surface area contributed by atoms with Gasteiger partial charge < -0.3 is 14.7 Å². The molecule has 1 aromatic rings. The maximum atomic E-state index is 12.1. The highest BCUT2D eigenvalue weighted by Gasteiger charge is 2.22. The molecule has 1 N–H and O–H groups in total. The number of amides is 2. The normalized spacial score (nSPS) is 15.8. The minimum Gasteiger partial charge on any atom is -0.361 e. The number of hydrogen-bond acceptors (Lipinski definition) is 3. The molecule has 5 heteroatoms. The number of aromatic nitrogens is 1. The van der Waals surface area contributed by atoms with E-state index in [-0.39, 0.29) is 12.1 Å². The summed E-state index contributed by atoms with van der Waals surface area (Å²) in [5.41, 5.74) is 2.13. The molecule has 1 aliphatic rings.